The van der Waals surface area contributed by atoms with Crippen LogP contribution >= 0.6 is 0 Å². The lowest BCUT2D eigenvalue weighted by atomic mass is 10.2. The van der Waals surface area contributed by atoms with Crippen molar-refractivity contribution in [2.24, 2.45) is 5.73 Å². The van der Waals surface area contributed by atoms with Crippen molar-refractivity contribution in [3.05, 3.63) is 65.6 Å². The van der Waals surface area contributed by atoms with Crippen LogP contribution in [-0.4, -0.2) is 27.9 Å². The van der Waals surface area contributed by atoms with Gasteiger partial charge in [-0.15, -0.1) is 0 Å². The molecule has 0 aliphatic heterocycles. The van der Waals surface area contributed by atoms with Crippen LogP contribution in [0.5, 0.6) is 5.75 Å². The van der Waals surface area contributed by atoms with E-state index in [-0.39, 0.29) is 11.9 Å². The standard InChI is InChI=1S/C20H24N4O2/c1-14-7-8-19-23-16(12-24(19)11-14)13-26-18-6-4-3-5-17(18)20(25)22-10-9-15(2)21/h3-8,11-12,15H,9-10,13,21H2,1-2H3,(H,22,25). The average Bonchev–Trinajstić information content (AvgIpc) is 3.01. The Kier molecular flexibility index (Phi) is 5.53. The third-order valence-corrected chi connectivity index (χ3v) is 4.04. The smallest absolute Gasteiger partial charge is 0.255 e. The van der Waals surface area contributed by atoms with Crippen molar-refractivity contribution in [2.45, 2.75) is 32.9 Å². The molecule has 26 heavy (non-hydrogen) atoms. The Balaban J connectivity index is 1.68. The highest BCUT2D eigenvalue weighted by molar-refractivity contribution is 5.96. The van der Waals surface area contributed by atoms with Gasteiger partial charge in [-0.05, 0) is 44.0 Å². The van der Waals surface area contributed by atoms with Crippen molar-refractivity contribution in [1.82, 2.24) is 14.7 Å². The van der Waals surface area contributed by atoms with Crippen LogP contribution in [-0.2, 0) is 6.61 Å². The van der Waals surface area contributed by atoms with E-state index in [4.69, 9.17) is 10.5 Å². The number of hydrogen-bond donors (Lipinski definition) is 2. The average molecular weight is 352 g/mol. The number of pyridine rings is 1. The molecule has 2 aromatic heterocycles. The third kappa shape index (κ3) is 4.40. The molecule has 0 fully saturated rings. The summed E-state index contributed by atoms with van der Waals surface area (Å²) in [6.07, 6.45) is 4.69. The van der Waals surface area contributed by atoms with Gasteiger partial charge in [0.15, 0.2) is 0 Å². The molecule has 6 nitrogen and oxygen atoms in total. The van der Waals surface area contributed by atoms with Gasteiger partial charge in [0, 0.05) is 25.0 Å². The number of aromatic nitrogens is 2. The van der Waals surface area contributed by atoms with Crippen molar-refractivity contribution >= 4 is 11.6 Å². The van der Waals surface area contributed by atoms with Crippen molar-refractivity contribution in [1.29, 1.82) is 0 Å². The molecule has 3 aromatic rings. The number of amides is 1. The van der Waals surface area contributed by atoms with Gasteiger partial charge >= 0.3 is 0 Å². The quantitative estimate of drug-likeness (QED) is 0.685. The van der Waals surface area contributed by atoms with Crippen LogP contribution in [0.15, 0.2) is 48.8 Å². The van der Waals surface area contributed by atoms with Gasteiger partial charge in [0.05, 0.1) is 11.3 Å². The monoisotopic (exact) mass is 352 g/mol. The van der Waals surface area contributed by atoms with Gasteiger partial charge in [0.2, 0.25) is 0 Å². The normalized spacial score (nSPS) is 12.1. The second-order valence-corrected chi connectivity index (χ2v) is 6.51. The number of ether oxygens (including phenoxy) is 1. The molecule has 136 valence electrons. The number of nitrogens with zero attached hydrogens (tertiary/aromatic N) is 2. The molecule has 0 bridgehead atoms. The van der Waals surface area contributed by atoms with E-state index in [1.165, 1.54) is 0 Å². The fourth-order valence-corrected chi connectivity index (χ4v) is 2.67. The molecule has 6 heteroatoms. The number of rotatable bonds is 7. The van der Waals surface area contributed by atoms with Gasteiger partial charge in [0.1, 0.15) is 18.0 Å². The minimum absolute atomic E-state index is 0.0560. The number of benzene rings is 1. The van der Waals surface area contributed by atoms with E-state index in [1.807, 2.05) is 54.9 Å². The molecule has 3 rings (SSSR count). The molecule has 1 unspecified atom stereocenters. The number of carbonyl (C=O) groups is 1. The predicted molar refractivity (Wildman–Crippen MR) is 101 cm³/mol. The van der Waals surface area contributed by atoms with Gasteiger partial charge < -0.3 is 20.2 Å². The maximum absolute atomic E-state index is 12.4. The van der Waals surface area contributed by atoms with E-state index in [2.05, 4.69) is 10.3 Å². The number of hydrogen-bond acceptors (Lipinski definition) is 4. The number of nitrogens with one attached hydrogen (secondary N) is 1. The Morgan fingerprint density at radius 1 is 1.27 bits per heavy atom. The maximum atomic E-state index is 12.4. The molecule has 0 saturated heterocycles. The summed E-state index contributed by atoms with van der Waals surface area (Å²) in [6, 6.07) is 11.3. The van der Waals surface area contributed by atoms with Crippen LogP contribution in [0.25, 0.3) is 5.65 Å². The van der Waals surface area contributed by atoms with Crippen LogP contribution in [0.2, 0.25) is 0 Å². The lowest BCUT2D eigenvalue weighted by molar-refractivity contribution is 0.0948. The fraction of sp³-hybridized carbons (Fsp3) is 0.300. The summed E-state index contributed by atoms with van der Waals surface area (Å²) in [6.45, 7) is 4.79. The summed E-state index contributed by atoms with van der Waals surface area (Å²) in [7, 11) is 0. The zero-order chi connectivity index (χ0) is 18.5. The number of carbonyl (C=O) groups excluding carboxylic acids is 1. The highest BCUT2D eigenvalue weighted by Crippen LogP contribution is 2.19. The summed E-state index contributed by atoms with van der Waals surface area (Å²) in [5.74, 6) is 0.380. The molecule has 0 saturated carbocycles. The number of fused-ring (bicyclic) bond motifs is 1. The highest BCUT2D eigenvalue weighted by atomic mass is 16.5. The van der Waals surface area contributed by atoms with E-state index in [9.17, 15) is 4.79 Å². The Morgan fingerprint density at radius 2 is 2.08 bits per heavy atom. The van der Waals surface area contributed by atoms with E-state index in [0.29, 0.717) is 24.5 Å². The Labute approximate surface area is 153 Å². The molecule has 1 atom stereocenters. The lowest BCUT2D eigenvalue weighted by Crippen LogP contribution is -2.29. The topological polar surface area (TPSA) is 81.6 Å². The summed E-state index contributed by atoms with van der Waals surface area (Å²) in [5.41, 5.74) is 9.07. The summed E-state index contributed by atoms with van der Waals surface area (Å²) in [5, 5.41) is 2.88. The second-order valence-electron chi connectivity index (χ2n) is 6.51. The van der Waals surface area contributed by atoms with Gasteiger partial charge in [-0.2, -0.15) is 0 Å². The summed E-state index contributed by atoms with van der Waals surface area (Å²) >= 11 is 0. The van der Waals surface area contributed by atoms with Crippen LogP contribution in [0.4, 0.5) is 0 Å². The first-order valence-electron chi connectivity index (χ1n) is 8.73. The molecule has 1 aromatic carbocycles. The largest absolute Gasteiger partial charge is 0.486 e. The van der Waals surface area contributed by atoms with Crippen LogP contribution in [0.1, 0.15) is 35.0 Å². The molecule has 1 amide bonds. The molecule has 2 heterocycles. The van der Waals surface area contributed by atoms with Gasteiger partial charge in [-0.25, -0.2) is 4.98 Å². The molecular formula is C20H24N4O2. The van der Waals surface area contributed by atoms with Crippen molar-refractivity contribution in [3.63, 3.8) is 0 Å². The van der Waals surface area contributed by atoms with Gasteiger partial charge in [0.25, 0.3) is 5.91 Å². The van der Waals surface area contributed by atoms with Crippen molar-refractivity contribution in [2.75, 3.05) is 6.54 Å². The zero-order valence-corrected chi connectivity index (χ0v) is 15.1. The van der Waals surface area contributed by atoms with E-state index >= 15 is 0 Å². The van der Waals surface area contributed by atoms with Crippen molar-refractivity contribution < 1.29 is 9.53 Å². The Bertz CT molecular complexity index is 902. The molecule has 0 aliphatic rings. The number of para-hydroxylation sites is 1. The van der Waals surface area contributed by atoms with Crippen LogP contribution in [0.3, 0.4) is 0 Å². The summed E-state index contributed by atoms with van der Waals surface area (Å²) < 4.78 is 7.84. The SMILES string of the molecule is Cc1ccc2nc(COc3ccccc3C(=O)NCCC(C)N)cn2c1. The first kappa shape index (κ1) is 17.9. The highest BCUT2D eigenvalue weighted by Gasteiger charge is 2.12. The molecule has 0 radical (unpaired) electrons. The lowest BCUT2D eigenvalue weighted by Gasteiger charge is -2.11. The molecule has 3 N–H and O–H groups in total. The minimum Gasteiger partial charge on any atom is -0.486 e. The Hall–Kier alpha value is -2.86. The number of nitrogens with two attached hydrogens (primary N) is 1. The third-order valence-electron chi connectivity index (χ3n) is 4.04. The van der Waals surface area contributed by atoms with Gasteiger partial charge in [-0.1, -0.05) is 18.2 Å². The number of imidazole rings is 1. The first-order valence-corrected chi connectivity index (χ1v) is 8.73. The Morgan fingerprint density at radius 3 is 2.88 bits per heavy atom. The number of aryl methyl sites for hydroxylation is 1. The van der Waals surface area contributed by atoms with E-state index in [1.54, 1.807) is 12.1 Å². The molecule has 0 spiro atoms. The molecular weight excluding hydrogens is 328 g/mol. The predicted octanol–water partition coefficient (Wildman–Crippen LogP) is 2.69. The minimum atomic E-state index is -0.160. The zero-order valence-electron chi connectivity index (χ0n) is 15.1. The molecule has 0 aliphatic carbocycles. The fourth-order valence-electron chi connectivity index (χ4n) is 2.67. The van der Waals surface area contributed by atoms with Crippen LogP contribution < -0.4 is 15.8 Å². The van der Waals surface area contributed by atoms with E-state index < -0.39 is 0 Å². The van der Waals surface area contributed by atoms with Crippen molar-refractivity contribution in [3.8, 4) is 5.75 Å². The van der Waals surface area contributed by atoms with E-state index in [0.717, 1.165) is 23.3 Å². The second kappa shape index (κ2) is 8.01. The van der Waals surface area contributed by atoms with Crippen LogP contribution in [0, 0.1) is 6.92 Å². The first-order chi connectivity index (χ1) is 12.5. The van der Waals surface area contributed by atoms with Gasteiger partial charge in [-0.3, -0.25) is 4.79 Å². The maximum Gasteiger partial charge on any atom is 0.255 e. The summed E-state index contributed by atoms with van der Waals surface area (Å²) in [4.78, 5) is 16.9.